The molecule has 1 aromatic carbocycles. The van der Waals surface area contributed by atoms with Gasteiger partial charge in [0.25, 0.3) is 0 Å². The Morgan fingerprint density at radius 1 is 1.28 bits per heavy atom. The number of hydrogen-bond acceptors (Lipinski definition) is 7. The molecule has 0 aliphatic carbocycles. The van der Waals surface area contributed by atoms with Gasteiger partial charge in [0.05, 0.1) is 17.2 Å². The van der Waals surface area contributed by atoms with Gasteiger partial charge in [-0.05, 0) is 35.0 Å². The van der Waals surface area contributed by atoms with Crippen molar-refractivity contribution in [3.05, 3.63) is 33.0 Å². The lowest BCUT2D eigenvalue weighted by atomic mass is 10.1. The monoisotopic (exact) mass is 500 g/mol. The summed E-state index contributed by atoms with van der Waals surface area (Å²) in [4.78, 5) is 23.2. The highest BCUT2D eigenvalue weighted by Gasteiger charge is 2.24. The summed E-state index contributed by atoms with van der Waals surface area (Å²) < 4.78 is 58.5. The Labute approximate surface area is 175 Å². The maximum atomic E-state index is 14.4. The number of benzene rings is 1. The SMILES string of the molecule is CCOC(=O)OCOC(=O)c1cc(-c2nn(C)c(OC(F)F)c2Br)c(F)cc1Cl. The summed E-state index contributed by atoms with van der Waals surface area (Å²) in [6.45, 7) is -2.27. The van der Waals surface area contributed by atoms with Gasteiger partial charge in [-0.15, -0.1) is 0 Å². The van der Waals surface area contributed by atoms with Gasteiger partial charge >= 0.3 is 18.7 Å². The molecule has 2 aromatic rings. The van der Waals surface area contributed by atoms with E-state index < -0.39 is 31.3 Å². The standard InChI is InChI=1S/C16H13BrClF3N2O6/c1-3-26-16(25)28-6-27-14(24)7-4-8(10(19)5-9(7)18)12-11(17)13(23(2)22-12)29-15(20)21/h4-5,15H,3,6H2,1-2H3. The van der Waals surface area contributed by atoms with Crippen LogP contribution >= 0.6 is 27.5 Å². The second kappa shape index (κ2) is 9.83. The maximum Gasteiger partial charge on any atom is 0.511 e. The predicted octanol–water partition coefficient (Wildman–Crippen LogP) is 4.53. The van der Waals surface area contributed by atoms with Gasteiger partial charge in [0.1, 0.15) is 16.0 Å². The summed E-state index contributed by atoms with van der Waals surface area (Å²) >= 11 is 8.91. The number of carbonyl (C=O) groups is 2. The van der Waals surface area contributed by atoms with Gasteiger partial charge < -0.3 is 18.9 Å². The van der Waals surface area contributed by atoms with E-state index in [0.717, 1.165) is 16.8 Å². The number of rotatable bonds is 7. The number of halogens is 5. The Morgan fingerprint density at radius 3 is 2.59 bits per heavy atom. The molecule has 0 aliphatic rings. The van der Waals surface area contributed by atoms with Crippen LogP contribution in [0.4, 0.5) is 18.0 Å². The van der Waals surface area contributed by atoms with E-state index >= 15 is 0 Å². The zero-order chi connectivity index (χ0) is 21.7. The molecule has 0 saturated heterocycles. The normalized spacial score (nSPS) is 10.8. The Morgan fingerprint density at radius 2 is 1.97 bits per heavy atom. The second-order valence-electron chi connectivity index (χ2n) is 5.16. The molecule has 29 heavy (non-hydrogen) atoms. The van der Waals surface area contributed by atoms with E-state index in [0.29, 0.717) is 0 Å². The first kappa shape index (κ1) is 22.8. The lowest BCUT2D eigenvalue weighted by molar-refractivity contribution is -0.0558. The molecule has 0 atom stereocenters. The second-order valence-corrected chi connectivity index (χ2v) is 6.36. The van der Waals surface area contributed by atoms with Crippen LogP contribution in [-0.4, -0.2) is 41.9 Å². The number of aryl methyl sites for hydroxylation is 1. The molecule has 2 rings (SSSR count). The third-order valence-electron chi connectivity index (χ3n) is 3.30. The van der Waals surface area contributed by atoms with Gasteiger partial charge in [-0.25, -0.2) is 18.7 Å². The van der Waals surface area contributed by atoms with Crippen molar-refractivity contribution < 1.29 is 41.7 Å². The minimum Gasteiger partial charge on any atom is -0.435 e. The Kier molecular flexibility index (Phi) is 7.73. The molecule has 0 fully saturated rings. The van der Waals surface area contributed by atoms with Gasteiger partial charge in [0.15, 0.2) is 0 Å². The lowest BCUT2D eigenvalue weighted by Gasteiger charge is -2.09. The number of aromatic nitrogens is 2. The smallest absolute Gasteiger partial charge is 0.435 e. The molecule has 0 radical (unpaired) electrons. The van der Waals surface area contributed by atoms with Gasteiger partial charge in [-0.2, -0.15) is 13.9 Å². The predicted molar refractivity (Wildman–Crippen MR) is 96.3 cm³/mol. The minimum absolute atomic E-state index is 0.0634. The summed E-state index contributed by atoms with van der Waals surface area (Å²) in [5.41, 5.74) is -0.627. The average Bonchev–Trinajstić information content (AvgIpc) is 2.89. The van der Waals surface area contributed by atoms with E-state index in [1.807, 2.05) is 0 Å². The highest BCUT2D eigenvalue weighted by atomic mass is 79.9. The number of carbonyl (C=O) groups excluding carboxylic acids is 2. The molecule has 0 spiro atoms. The van der Waals surface area contributed by atoms with Crippen LogP contribution in [-0.2, 0) is 21.3 Å². The fourth-order valence-electron chi connectivity index (χ4n) is 2.12. The summed E-state index contributed by atoms with van der Waals surface area (Å²) in [5, 5.41) is 3.63. The average molecular weight is 502 g/mol. The van der Waals surface area contributed by atoms with Crippen molar-refractivity contribution >= 4 is 39.7 Å². The largest absolute Gasteiger partial charge is 0.511 e. The van der Waals surface area contributed by atoms with Gasteiger partial charge in [0, 0.05) is 12.6 Å². The number of ether oxygens (including phenoxy) is 4. The molecule has 13 heteroatoms. The first-order chi connectivity index (χ1) is 13.6. The van der Waals surface area contributed by atoms with Crippen LogP contribution in [0.5, 0.6) is 5.88 Å². The fourth-order valence-corrected chi connectivity index (χ4v) is 2.99. The summed E-state index contributed by atoms with van der Waals surface area (Å²) in [6.07, 6.45) is -1.05. The van der Waals surface area contributed by atoms with Crippen LogP contribution in [0.1, 0.15) is 17.3 Å². The number of nitrogens with zero attached hydrogens (tertiary/aromatic N) is 2. The third kappa shape index (κ3) is 5.54. The molecule has 0 aliphatic heterocycles. The lowest BCUT2D eigenvalue weighted by Crippen LogP contribution is -2.14. The maximum absolute atomic E-state index is 14.4. The van der Waals surface area contributed by atoms with Crippen LogP contribution < -0.4 is 4.74 Å². The summed E-state index contributed by atoms with van der Waals surface area (Å²) in [5.74, 6) is -2.26. The molecule has 8 nitrogen and oxygen atoms in total. The van der Waals surface area contributed by atoms with Crippen LogP contribution in [0.2, 0.25) is 5.02 Å². The summed E-state index contributed by atoms with van der Waals surface area (Å²) in [6, 6.07) is 1.85. The van der Waals surface area contributed by atoms with Crippen LogP contribution in [0, 0.1) is 5.82 Å². The van der Waals surface area contributed by atoms with Gasteiger partial charge in [-0.1, -0.05) is 11.6 Å². The van der Waals surface area contributed by atoms with E-state index in [-0.39, 0.29) is 38.8 Å². The zero-order valence-electron chi connectivity index (χ0n) is 14.9. The molecule has 0 amide bonds. The molecule has 1 heterocycles. The van der Waals surface area contributed by atoms with Crippen molar-refractivity contribution in [1.82, 2.24) is 9.78 Å². The minimum atomic E-state index is -3.13. The first-order valence-corrected chi connectivity index (χ1v) is 8.96. The molecular formula is C16H13BrClF3N2O6. The van der Waals surface area contributed by atoms with Crippen LogP contribution in [0.25, 0.3) is 11.3 Å². The van der Waals surface area contributed by atoms with Crippen LogP contribution in [0.3, 0.4) is 0 Å². The topological polar surface area (TPSA) is 88.9 Å². The summed E-state index contributed by atoms with van der Waals surface area (Å²) in [7, 11) is 1.31. The van der Waals surface area contributed by atoms with E-state index in [2.05, 4.69) is 35.2 Å². The molecule has 158 valence electrons. The molecule has 0 saturated carbocycles. The molecule has 1 aromatic heterocycles. The van der Waals surface area contributed by atoms with E-state index in [1.54, 1.807) is 6.92 Å². The number of alkyl halides is 2. The Balaban J connectivity index is 2.30. The highest BCUT2D eigenvalue weighted by Crippen LogP contribution is 2.38. The molecule has 0 N–H and O–H groups in total. The van der Waals surface area contributed by atoms with Crippen molar-refractivity contribution in [1.29, 1.82) is 0 Å². The van der Waals surface area contributed by atoms with E-state index in [4.69, 9.17) is 16.3 Å². The van der Waals surface area contributed by atoms with Crippen molar-refractivity contribution in [3.63, 3.8) is 0 Å². The first-order valence-electron chi connectivity index (χ1n) is 7.79. The van der Waals surface area contributed by atoms with Crippen molar-refractivity contribution in [3.8, 4) is 17.1 Å². The zero-order valence-corrected chi connectivity index (χ0v) is 17.2. The molecular weight excluding hydrogens is 489 g/mol. The van der Waals surface area contributed by atoms with Crippen molar-refractivity contribution in [2.24, 2.45) is 7.05 Å². The number of hydrogen-bond donors (Lipinski definition) is 0. The fraction of sp³-hybridized carbons (Fsp3) is 0.312. The van der Waals surface area contributed by atoms with Crippen molar-refractivity contribution in [2.75, 3.05) is 13.4 Å². The van der Waals surface area contributed by atoms with E-state index in [9.17, 15) is 22.8 Å². The van der Waals surface area contributed by atoms with Crippen LogP contribution in [0.15, 0.2) is 16.6 Å². The quantitative estimate of drug-likeness (QED) is 0.407. The number of esters is 1. The third-order valence-corrected chi connectivity index (χ3v) is 4.33. The Hall–Kier alpha value is -2.47. The highest BCUT2D eigenvalue weighted by molar-refractivity contribution is 9.10. The molecule has 0 unspecified atom stereocenters. The molecule has 0 bridgehead atoms. The Bertz CT molecular complexity index is 925. The van der Waals surface area contributed by atoms with E-state index in [1.165, 1.54) is 7.05 Å². The van der Waals surface area contributed by atoms with Gasteiger partial charge in [-0.3, -0.25) is 0 Å². The van der Waals surface area contributed by atoms with Crippen molar-refractivity contribution in [2.45, 2.75) is 13.5 Å². The van der Waals surface area contributed by atoms with Gasteiger partial charge in [0.2, 0.25) is 12.7 Å².